The van der Waals surface area contributed by atoms with Gasteiger partial charge >= 0.3 is 0 Å². The van der Waals surface area contributed by atoms with E-state index < -0.39 is 0 Å². The molecule has 1 N–H and O–H groups in total. The summed E-state index contributed by atoms with van der Waals surface area (Å²) in [6.07, 6.45) is 7.47. The van der Waals surface area contributed by atoms with Crippen molar-refractivity contribution in [3.8, 4) is 16.9 Å². The number of rotatable bonds is 9. The van der Waals surface area contributed by atoms with Gasteiger partial charge in [-0.15, -0.1) is 0 Å². The summed E-state index contributed by atoms with van der Waals surface area (Å²) in [5, 5.41) is 3.14. The highest BCUT2D eigenvalue weighted by atomic mass is 16.5. The second-order valence-corrected chi connectivity index (χ2v) is 11.9. The molecular weight excluding hydrogens is 562 g/mol. The lowest BCUT2D eigenvalue weighted by molar-refractivity contribution is -0.112. The van der Waals surface area contributed by atoms with Gasteiger partial charge in [-0.1, -0.05) is 36.4 Å². The minimum Gasteiger partial charge on any atom is -0.493 e. The molecule has 3 aliphatic rings. The Morgan fingerprint density at radius 1 is 0.956 bits per heavy atom. The Bertz CT molecular complexity index is 1400. The molecule has 3 heterocycles. The Balaban J connectivity index is 0.000000729. The van der Waals surface area contributed by atoms with Gasteiger partial charge in [-0.2, -0.15) is 0 Å². The minimum absolute atomic E-state index is 0.0453. The van der Waals surface area contributed by atoms with Crippen molar-refractivity contribution in [3.63, 3.8) is 0 Å². The second kappa shape index (κ2) is 16.6. The molecule has 0 spiro atoms. The lowest BCUT2D eigenvalue weighted by atomic mass is 9.99. The highest BCUT2D eigenvalue weighted by molar-refractivity contribution is 6.07. The number of ether oxygens (including phenoxy) is 3. The van der Waals surface area contributed by atoms with Crippen molar-refractivity contribution >= 4 is 23.4 Å². The van der Waals surface area contributed by atoms with Crippen LogP contribution in [0.25, 0.3) is 17.2 Å². The summed E-state index contributed by atoms with van der Waals surface area (Å²) < 4.78 is 16.3. The van der Waals surface area contributed by atoms with Crippen molar-refractivity contribution in [3.05, 3.63) is 83.4 Å². The van der Waals surface area contributed by atoms with Crippen LogP contribution in [0.2, 0.25) is 0 Å². The van der Waals surface area contributed by atoms with Gasteiger partial charge in [-0.05, 0) is 106 Å². The molecule has 45 heavy (non-hydrogen) atoms. The van der Waals surface area contributed by atoms with Crippen LogP contribution in [0.5, 0.6) is 5.75 Å². The van der Waals surface area contributed by atoms with Crippen LogP contribution in [0.15, 0.2) is 72.3 Å². The van der Waals surface area contributed by atoms with Crippen LogP contribution in [-0.4, -0.2) is 70.0 Å². The average Bonchev–Trinajstić information content (AvgIpc) is 3.61. The fourth-order valence-electron chi connectivity index (χ4n) is 6.21. The van der Waals surface area contributed by atoms with Crippen molar-refractivity contribution in [2.75, 3.05) is 63.4 Å². The third-order valence-electron chi connectivity index (χ3n) is 8.81. The van der Waals surface area contributed by atoms with Crippen molar-refractivity contribution in [1.29, 1.82) is 0 Å². The van der Waals surface area contributed by atoms with E-state index in [1.807, 2.05) is 37.3 Å². The number of anilines is 2. The van der Waals surface area contributed by atoms with Crippen molar-refractivity contribution in [1.82, 2.24) is 4.90 Å². The van der Waals surface area contributed by atoms with E-state index >= 15 is 0 Å². The SMILES string of the molecule is C1CCOC1.CCOc1ccccc1-c1ccc2c(c1)C=C(C(=O)Nc1ccc(CN(C)C3CCOCC3)cc1)CCN2CC. The number of para-hydroxylation sites is 1. The largest absolute Gasteiger partial charge is 0.493 e. The highest BCUT2D eigenvalue weighted by Crippen LogP contribution is 2.36. The molecule has 0 saturated carbocycles. The molecule has 7 heteroatoms. The molecule has 0 radical (unpaired) electrons. The van der Waals surface area contributed by atoms with Crippen LogP contribution < -0.4 is 15.0 Å². The molecule has 3 aliphatic heterocycles. The summed E-state index contributed by atoms with van der Waals surface area (Å²) in [7, 11) is 2.18. The van der Waals surface area contributed by atoms with Crippen molar-refractivity contribution < 1.29 is 19.0 Å². The first kappa shape index (κ1) is 32.7. The van der Waals surface area contributed by atoms with Crippen LogP contribution in [0.4, 0.5) is 11.4 Å². The molecule has 0 bridgehead atoms. The predicted molar refractivity (Wildman–Crippen MR) is 184 cm³/mol. The molecule has 6 rings (SSSR count). The minimum atomic E-state index is -0.0453. The number of benzene rings is 3. The van der Waals surface area contributed by atoms with Crippen LogP contribution in [0, 0.1) is 0 Å². The number of nitrogens with zero attached hydrogens (tertiary/aromatic N) is 2. The van der Waals surface area contributed by atoms with E-state index in [2.05, 4.69) is 71.6 Å². The van der Waals surface area contributed by atoms with Gasteiger partial charge < -0.3 is 24.4 Å². The lowest BCUT2D eigenvalue weighted by Gasteiger charge is -2.31. The molecule has 0 atom stereocenters. The molecule has 0 aromatic heterocycles. The van der Waals surface area contributed by atoms with Crippen LogP contribution in [-0.2, 0) is 20.8 Å². The normalized spacial score (nSPS) is 16.7. The molecule has 0 aliphatic carbocycles. The number of carbonyl (C=O) groups excluding carboxylic acids is 1. The Hall–Kier alpha value is -3.65. The summed E-state index contributed by atoms with van der Waals surface area (Å²) in [6.45, 7) is 11.0. The first-order valence-electron chi connectivity index (χ1n) is 16.6. The average molecular weight is 612 g/mol. The van der Waals surface area contributed by atoms with Gasteiger partial charge in [0.1, 0.15) is 5.75 Å². The van der Waals surface area contributed by atoms with E-state index in [0.29, 0.717) is 19.1 Å². The molecule has 3 aromatic carbocycles. The summed E-state index contributed by atoms with van der Waals surface area (Å²) in [6, 6.07) is 23.4. The van der Waals surface area contributed by atoms with E-state index in [-0.39, 0.29) is 5.91 Å². The van der Waals surface area contributed by atoms with Gasteiger partial charge in [0.05, 0.1) is 6.61 Å². The molecule has 240 valence electrons. The summed E-state index contributed by atoms with van der Waals surface area (Å²) in [5.74, 6) is 0.825. The van der Waals surface area contributed by atoms with E-state index in [0.717, 1.165) is 98.3 Å². The smallest absolute Gasteiger partial charge is 0.251 e. The fraction of sp³-hybridized carbons (Fsp3) is 0.447. The monoisotopic (exact) mass is 611 g/mol. The molecule has 2 fully saturated rings. The zero-order valence-electron chi connectivity index (χ0n) is 27.2. The Kier molecular flexibility index (Phi) is 12.1. The van der Waals surface area contributed by atoms with Crippen LogP contribution in [0.1, 0.15) is 57.1 Å². The number of hydrogen-bond acceptors (Lipinski definition) is 6. The van der Waals surface area contributed by atoms with Crippen LogP contribution >= 0.6 is 0 Å². The predicted octanol–water partition coefficient (Wildman–Crippen LogP) is 7.41. The maximum atomic E-state index is 13.5. The van der Waals surface area contributed by atoms with Crippen molar-refractivity contribution in [2.45, 2.75) is 58.5 Å². The number of carbonyl (C=O) groups is 1. The second-order valence-electron chi connectivity index (χ2n) is 11.9. The first-order valence-corrected chi connectivity index (χ1v) is 16.6. The Morgan fingerprint density at radius 3 is 2.38 bits per heavy atom. The van der Waals surface area contributed by atoms with Gasteiger partial charge in [0.2, 0.25) is 0 Å². The lowest BCUT2D eigenvalue weighted by Crippen LogP contribution is -2.36. The van der Waals surface area contributed by atoms with E-state index in [9.17, 15) is 4.79 Å². The van der Waals surface area contributed by atoms with E-state index in [1.54, 1.807) is 0 Å². The fourth-order valence-corrected chi connectivity index (χ4v) is 6.21. The summed E-state index contributed by atoms with van der Waals surface area (Å²) >= 11 is 0. The number of amides is 1. The number of fused-ring (bicyclic) bond motifs is 1. The van der Waals surface area contributed by atoms with Crippen LogP contribution in [0.3, 0.4) is 0 Å². The van der Waals surface area contributed by atoms with Gasteiger partial charge in [0.25, 0.3) is 5.91 Å². The van der Waals surface area contributed by atoms with Gasteiger partial charge in [-0.3, -0.25) is 9.69 Å². The highest BCUT2D eigenvalue weighted by Gasteiger charge is 2.21. The summed E-state index contributed by atoms with van der Waals surface area (Å²) in [5.41, 5.74) is 7.20. The Labute approximate surface area is 269 Å². The topological polar surface area (TPSA) is 63.3 Å². The van der Waals surface area contributed by atoms with Gasteiger partial charge in [-0.25, -0.2) is 0 Å². The maximum Gasteiger partial charge on any atom is 0.251 e. The number of hydrogen-bond donors (Lipinski definition) is 1. The first-order chi connectivity index (χ1) is 22.1. The third kappa shape index (κ3) is 8.97. The molecular formula is C38H49N3O4. The molecule has 3 aromatic rings. The van der Waals surface area contributed by atoms with Crippen molar-refractivity contribution in [2.24, 2.45) is 0 Å². The zero-order chi connectivity index (χ0) is 31.4. The zero-order valence-corrected chi connectivity index (χ0v) is 27.2. The Morgan fingerprint density at radius 2 is 1.69 bits per heavy atom. The summed E-state index contributed by atoms with van der Waals surface area (Å²) in [4.78, 5) is 18.2. The number of nitrogens with one attached hydrogen (secondary N) is 1. The third-order valence-corrected chi connectivity index (χ3v) is 8.81. The van der Waals surface area contributed by atoms with Gasteiger partial charge in [0, 0.05) is 74.6 Å². The molecule has 1 amide bonds. The maximum absolute atomic E-state index is 13.5. The standard InChI is InChI=1S/C34H41N3O3.C4H8O/c1-4-37-19-16-27(23-28-22-26(12-15-32(28)37)31-8-6-7-9-33(31)40-5-2)34(38)35-29-13-10-25(11-14-29)24-36(3)30-17-20-39-21-18-30;1-2-4-5-3-1/h6-15,22-23,30H,4-5,16-21,24H2,1-3H3,(H,35,38);1-4H2. The molecule has 7 nitrogen and oxygen atoms in total. The quantitative estimate of drug-likeness (QED) is 0.272. The van der Waals surface area contributed by atoms with E-state index in [4.69, 9.17) is 14.2 Å². The molecule has 0 unspecified atom stereocenters. The van der Waals surface area contributed by atoms with E-state index in [1.165, 1.54) is 18.4 Å². The van der Waals surface area contributed by atoms with Gasteiger partial charge in [0.15, 0.2) is 0 Å². The molecule has 2 saturated heterocycles.